The van der Waals surface area contributed by atoms with Gasteiger partial charge in [-0.2, -0.15) is 0 Å². The lowest BCUT2D eigenvalue weighted by molar-refractivity contribution is 0.0531. The SMILES string of the molecule is CC(C)(O)Cc1ccccc1C(=O)N1CCN(C(=O)c2ccc3c(c2)OCO3)CC1. The van der Waals surface area contributed by atoms with Crippen molar-refractivity contribution in [2.24, 2.45) is 0 Å². The summed E-state index contributed by atoms with van der Waals surface area (Å²) in [5.41, 5.74) is 1.09. The van der Waals surface area contributed by atoms with Gasteiger partial charge in [0.05, 0.1) is 5.60 Å². The Bertz CT molecular complexity index is 958. The van der Waals surface area contributed by atoms with E-state index in [2.05, 4.69) is 0 Å². The quantitative estimate of drug-likeness (QED) is 0.837. The molecule has 0 atom stereocenters. The van der Waals surface area contributed by atoms with E-state index in [-0.39, 0.29) is 18.6 Å². The fourth-order valence-corrected chi connectivity index (χ4v) is 3.84. The second kappa shape index (κ2) is 7.99. The summed E-state index contributed by atoms with van der Waals surface area (Å²) in [6.07, 6.45) is 0.400. The van der Waals surface area contributed by atoms with Crippen molar-refractivity contribution < 1.29 is 24.2 Å². The minimum absolute atomic E-state index is 0.0648. The summed E-state index contributed by atoms with van der Waals surface area (Å²) in [5.74, 6) is 1.08. The first-order valence-electron chi connectivity index (χ1n) is 10.1. The molecule has 2 amide bonds. The number of rotatable bonds is 4. The van der Waals surface area contributed by atoms with E-state index in [1.165, 1.54) is 0 Å². The molecule has 2 aliphatic heterocycles. The third-order valence-corrected chi connectivity index (χ3v) is 5.34. The number of fused-ring (bicyclic) bond motifs is 1. The van der Waals surface area contributed by atoms with Gasteiger partial charge >= 0.3 is 0 Å². The fraction of sp³-hybridized carbons (Fsp3) is 0.391. The lowest BCUT2D eigenvalue weighted by Crippen LogP contribution is -2.50. The van der Waals surface area contributed by atoms with Crippen LogP contribution in [0.4, 0.5) is 0 Å². The topological polar surface area (TPSA) is 79.3 Å². The first kappa shape index (κ1) is 20.2. The van der Waals surface area contributed by atoms with Crippen LogP contribution in [0.1, 0.15) is 40.1 Å². The monoisotopic (exact) mass is 410 g/mol. The van der Waals surface area contributed by atoms with Gasteiger partial charge in [-0.25, -0.2) is 0 Å². The molecule has 0 radical (unpaired) electrons. The van der Waals surface area contributed by atoms with Crippen LogP contribution in [0.15, 0.2) is 42.5 Å². The maximum Gasteiger partial charge on any atom is 0.254 e. The highest BCUT2D eigenvalue weighted by Crippen LogP contribution is 2.33. The van der Waals surface area contributed by atoms with Gasteiger partial charge in [0.1, 0.15) is 0 Å². The van der Waals surface area contributed by atoms with Gasteiger partial charge in [-0.15, -0.1) is 0 Å². The summed E-state index contributed by atoms with van der Waals surface area (Å²) in [6, 6.07) is 12.6. The number of piperazine rings is 1. The largest absolute Gasteiger partial charge is 0.454 e. The molecule has 1 saturated heterocycles. The van der Waals surface area contributed by atoms with E-state index in [4.69, 9.17) is 9.47 Å². The molecule has 2 aromatic carbocycles. The van der Waals surface area contributed by atoms with E-state index >= 15 is 0 Å². The highest BCUT2D eigenvalue weighted by Gasteiger charge is 2.28. The van der Waals surface area contributed by atoms with Crippen molar-refractivity contribution >= 4 is 11.8 Å². The van der Waals surface area contributed by atoms with Gasteiger partial charge in [-0.1, -0.05) is 18.2 Å². The molecular formula is C23H26N2O5. The number of ether oxygens (including phenoxy) is 2. The van der Waals surface area contributed by atoms with Crippen LogP contribution in [0, 0.1) is 0 Å². The summed E-state index contributed by atoms with van der Waals surface area (Å²) >= 11 is 0. The molecule has 0 saturated carbocycles. The van der Waals surface area contributed by atoms with Crippen LogP contribution in [0.2, 0.25) is 0 Å². The van der Waals surface area contributed by atoms with E-state index in [0.29, 0.717) is 55.2 Å². The third-order valence-electron chi connectivity index (χ3n) is 5.34. The van der Waals surface area contributed by atoms with Crippen molar-refractivity contribution in [1.29, 1.82) is 0 Å². The maximum atomic E-state index is 13.1. The summed E-state index contributed by atoms with van der Waals surface area (Å²) in [4.78, 5) is 29.5. The summed E-state index contributed by atoms with van der Waals surface area (Å²) in [7, 11) is 0. The van der Waals surface area contributed by atoms with E-state index in [0.717, 1.165) is 5.56 Å². The molecule has 2 aromatic rings. The van der Waals surface area contributed by atoms with Crippen LogP contribution in [0.25, 0.3) is 0 Å². The van der Waals surface area contributed by atoms with Gasteiger partial charge in [0.15, 0.2) is 11.5 Å². The van der Waals surface area contributed by atoms with E-state index in [9.17, 15) is 14.7 Å². The molecule has 30 heavy (non-hydrogen) atoms. The standard InChI is InChI=1S/C23H26N2O5/c1-23(2,28)14-17-5-3-4-6-18(17)22(27)25-11-9-24(10-12-25)21(26)16-7-8-19-20(13-16)30-15-29-19/h3-8,13,28H,9-12,14-15H2,1-2H3. The molecule has 0 aromatic heterocycles. The first-order chi connectivity index (χ1) is 14.3. The Kier molecular flexibility index (Phi) is 5.39. The highest BCUT2D eigenvalue weighted by atomic mass is 16.7. The summed E-state index contributed by atoms with van der Waals surface area (Å²) < 4.78 is 10.7. The Labute approximate surface area is 175 Å². The van der Waals surface area contributed by atoms with Crippen molar-refractivity contribution in [3.05, 3.63) is 59.2 Å². The summed E-state index contributed by atoms with van der Waals surface area (Å²) in [5, 5.41) is 10.2. The first-order valence-corrected chi connectivity index (χ1v) is 10.1. The minimum Gasteiger partial charge on any atom is -0.454 e. The number of nitrogens with zero attached hydrogens (tertiary/aromatic N) is 2. The molecule has 7 nitrogen and oxygen atoms in total. The van der Waals surface area contributed by atoms with Gasteiger partial charge in [0.25, 0.3) is 11.8 Å². The van der Waals surface area contributed by atoms with E-state index in [1.54, 1.807) is 47.9 Å². The molecular weight excluding hydrogens is 384 g/mol. The number of benzene rings is 2. The zero-order valence-corrected chi connectivity index (χ0v) is 17.3. The number of amides is 2. The second-order valence-electron chi connectivity index (χ2n) is 8.30. The van der Waals surface area contributed by atoms with Crippen molar-refractivity contribution in [3.8, 4) is 11.5 Å². The lowest BCUT2D eigenvalue weighted by Gasteiger charge is -2.35. The van der Waals surface area contributed by atoms with Crippen molar-refractivity contribution in [3.63, 3.8) is 0 Å². The predicted molar refractivity (Wildman–Crippen MR) is 111 cm³/mol. The lowest BCUT2D eigenvalue weighted by atomic mass is 9.94. The predicted octanol–water partition coefficient (Wildman–Crippen LogP) is 2.33. The van der Waals surface area contributed by atoms with Crippen LogP contribution in [0.3, 0.4) is 0 Å². The average Bonchev–Trinajstić information content (AvgIpc) is 3.20. The molecule has 0 bridgehead atoms. The minimum atomic E-state index is -0.897. The fourth-order valence-electron chi connectivity index (χ4n) is 3.84. The Morgan fingerprint density at radius 2 is 1.57 bits per heavy atom. The average molecular weight is 410 g/mol. The molecule has 0 spiro atoms. The highest BCUT2D eigenvalue weighted by molar-refractivity contribution is 5.97. The summed E-state index contributed by atoms with van der Waals surface area (Å²) in [6.45, 7) is 5.49. The number of aliphatic hydroxyl groups is 1. The van der Waals surface area contributed by atoms with Gasteiger partial charge in [-0.3, -0.25) is 9.59 Å². The van der Waals surface area contributed by atoms with Crippen LogP contribution in [-0.4, -0.2) is 65.3 Å². The number of carbonyl (C=O) groups excluding carboxylic acids is 2. The van der Waals surface area contributed by atoms with Gasteiger partial charge in [0, 0.05) is 43.7 Å². The Morgan fingerprint density at radius 1 is 0.933 bits per heavy atom. The Hall–Kier alpha value is -3.06. The van der Waals surface area contributed by atoms with Crippen LogP contribution in [-0.2, 0) is 6.42 Å². The molecule has 0 aliphatic carbocycles. The molecule has 1 fully saturated rings. The van der Waals surface area contributed by atoms with Gasteiger partial charge < -0.3 is 24.4 Å². The van der Waals surface area contributed by atoms with Crippen LogP contribution >= 0.6 is 0 Å². The zero-order valence-electron chi connectivity index (χ0n) is 17.3. The number of hydrogen-bond donors (Lipinski definition) is 1. The number of hydrogen-bond acceptors (Lipinski definition) is 5. The smallest absolute Gasteiger partial charge is 0.254 e. The molecule has 2 aliphatic rings. The van der Waals surface area contributed by atoms with E-state index in [1.807, 2.05) is 18.2 Å². The molecule has 7 heteroatoms. The zero-order chi connectivity index (χ0) is 21.3. The van der Waals surface area contributed by atoms with Crippen LogP contribution < -0.4 is 9.47 Å². The Balaban J connectivity index is 1.41. The Morgan fingerprint density at radius 3 is 2.27 bits per heavy atom. The molecule has 158 valence electrons. The molecule has 2 heterocycles. The third kappa shape index (κ3) is 4.26. The normalized spacial score (nSPS) is 16.0. The van der Waals surface area contributed by atoms with Crippen molar-refractivity contribution in [2.45, 2.75) is 25.9 Å². The van der Waals surface area contributed by atoms with E-state index < -0.39 is 5.60 Å². The number of carbonyl (C=O) groups is 2. The molecule has 1 N–H and O–H groups in total. The second-order valence-corrected chi connectivity index (χ2v) is 8.30. The van der Waals surface area contributed by atoms with Gasteiger partial charge in [-0.05, 0) is 43.7 Å². The molecule has 0 unspecified atom stereocenters. The maximum absolute atomic E-state index is 13.1. The van der Waals surface area contributed by atoms with Crippen molar-refractivity contribution in [2.75, 3.05) is 33.0 Å². The van der Waals surface area contributed by atoms with Crippen LogP contribution in [0.5, 0.6) is 11.5 Å². The van der Waals surface area contributed by atoms with Gasteiger partial charge in [0.2, 0.25) is 6.79 Å². The van der Waals surface area contributed by atoms with Crippen molar-refractivity contribution in [1.82, 2.24) is 9.80 Å². The molecule has 4 rings (SSSR count).